The molecule has 13 heteroatoms. The number of benzene rings is 2. The molecule has 4 heterocycles. The van der Waals surface area contributed by atoms with E-state index >= 15 is 0 Å². The molecule has 2 aliphatic heterocycles. The maximum Gasteiger partial charge on any atom is 0.302 e. The number of hydrazine groups is 1. The van der Waals surface area contributed by atoms with Gasteiger partial charge in [-0.15, -0.1) is 21.8 Å². The van der Waals surface area contributed by atoms with Crippen molar-refractivity contribution in [2.45, 2.75) is 24.4 Å². The molecule has 1 fully saturated rings. The summed E-state index contributed by atoms with van der Waals surface area (Å²) in [5, 5.41) is 18.3. The summed E-state index contributed by atoms with van der Waals surface area (Å²) in [6.07, 6.45) is 0. The number of carbonyl (C=O) groups excluding carboxylic acids is 1. The quantitative estimate of drug-likeness (QED) is 0.244. The van der Waals surface area contributed by atoms with Crippen LogP contribution < -0.4 is 26.8 Å². The van der Waals surface area contributed by atoms with Crippen LogP contribution in [0.25, 0.3) is 21.7 Å². The van der Waals surface area contributed by atoms with Gasteiger partial charge in [0, 0.05) is 17.8 Å². The predicted molar refractivity (Wildman–Crippen MR) is 143 cm³/mol. The molecule has 2 aliphatic rings. The van der Waals surface area contributed by atoms with Gasteiger partial charge < -0.3 is 9.73 Å². The summed E-state index contributed by atoms with van der Waals surface area (Å²) in [5.41, 5.74) is 9.56. The second-order valence-corrected chi connectivity index (χ2v) is 10.0. The average Bonchev–Trinajstić information content (AvgIpc) is 3.63. The van der Waals surface area contributed by atoms with Crippen LogP contribution in [0.4, 0.5) is 11.1 Å². The second-order valence-electron chi connectivity index (χ2n) is 8.50. The lowest BCUT2D eigenvalue weighted by atomic mass is 9.95. The first kappa shape index (κ1) is 23.6. The highest BCUT2D eigenvalue weighted by molar-refractivity contribution is 7.18. The molecule has 1 amide bonds. The normalized spacial score (nSPS) is 21.6. The number of alkyl halides is 1. The molecule has 5 N–H and O–H groups in total. The van der Waals surface area contributed by atoms with Crippen LogP contribution in [0, 0.1) is 0 Å². The number of amides is 1. The molecular formula is C24H22ClN9O2S. The molecule has 0 spiro atoms. The van der Waals surface area contributed by atoms with Gasteiger partial charge in [0.1, 0.15) is 16.6 Å². The van der Waals surface area contributed by atoms with E-state index in [1.54, 1.807) is 0 Å². The van der Waals surface area contributed by atoms with E-state index in [0.29, 0.717) is 39.5 Å². The molecule has 188 valence electrons. The van der Waals surface area contributed by atoms with Crippen LogP contribution in [-0.2, 0) is 4.79 Å². The molecule has 6 rings (SSSR count). The zero-order valence-electron chi connectivity index (χ0n) is 19.5. The van der Waals surface area contributed by atoms with Crippen molar-refractivity contribution in [2.75, 3.05) is 17.2 Å². The largest absolute Gasteiger partial charge is 0.423 e. The molecule has 2 aromatic carbocycles. The van der Waals surface area contributed by atoms with Crippen molar-refractivity contribution in [3.63, 3.8) is 0 Å². The van der Waals surface area contributed by atoms with E-state index in [2.05, 4.69) is 42.0 Å². The number of allylic oxidation sites excluding steroid dienone is 1. The minimum absolute atomic E-state index is 0.286. The lowest BCUT2D eigenvalue weighted by Crippen LogP contribution is -2.49. The van der Waals surface area contributed by atoms with Crippen LogP contribution in [-0.4, -0.2) is 51.1 Å². The summed E-state index contributed by atoms with van der Waals surface area (Å²) in [4.78, 5) is 22.7. The number of anilines is 2. The molecule has 0 radical (unpaired) electrons. The molecule has 0 saturated carbocycles. The molecule has 3 unspecified atom stereocenters. The molecule has 4 aromatic rings. The van der Waals surface area contributed by atoms with Crippen molar-refractivity contribution in [3.8, 4) is 10.6 Å². The molecule has 11 nitrogen and oxygen atoms in total. The highest BCUT2D eigenvalue weighted by atomic mass is 35.5. The minimum Gasteiger partial charge on any atom is -0.423 e. The lowest BCUT2D eigenvalue weighted by molar-refractivity contribution is -0.113. The monoisotopic (exact) mass is 535 g/mol. The topological polar surface area (TPSA) is 141 Å². The number of para-hydroxylation sites is 2. The first-order valence-electron chi connectivity index (χ1n) is 11.6. The van der Waals surface area contributed by atoms with E-state index in [1.807, 2.05) is 61.5 Å². The van der Waals surface area contributed by atoms with Crippen molar-refractivity contribution in [3.05, 3.63) is 65.9 Å². The number of nitrogens with zero attached hydrogens (tertiary/aromatic N) is 4. The standard InChI is InChI=1S/C24H22ClN9O2S/c1-12-17(20(35)30-24-34-33-21(37-24)13-7-3-2-4-8-13)19(18-14(25)11-26-32-18)29-22(27-12)31-23-28-15-9-5-6-10-16(15)36-23/h2-10,14,18-19,26,32H,11H2,1H3,(H,30,34,35)(H2,27,28,29,31). The predicted octanol–water partition coefficient (Wildman–Crippen LogP) is 3.08. The summed E-state index contributed by atoms with van der Waals surface area (Å²) in [6.45, 7) is 2.34. The number of carbonyl (C=O) groups is 1. The molecule has 1 saturated heterocycles. The zero-order valence-corrected chi connectivity index (χ0v) is 21.1. The Morgan fingerprint density at radius 2 is 1.95 bits per heavy atom. The smallest absolute Gasteiger partial charge is 0.302 e. The highest BCUT2D eigenvalue weighted by Gasteiger charge is 2.40. The SMILES string of the molecule is CC1=C(C(=O)Nc2nnc(-c3ccccc3)s2)C(C2NNCC2Cl)N=C(Nc2nc3ccccc3o2)N1. The third-order valence-corrected chi connectivity index (χ3v) is 7.31. The summed E-state index contributed by atoms with van der Waals surface area (Å²) in [6, 6.07) is 16.5. The van der Waals surface area contributed by atoms with Gasteiger partial charge in [0.15, 0.2) is 5.58 Å². The number of aliphatic imine (C=N–C) groups is 1. The van der Waals surface area contributed by atoms with E-state index in [0.717, 1.165) is 11.1 Å². The number of hydrogen-bond acceptors (Lipinski definition) is 11. The second kappa shape index (κ2) is 9.90. The van der Waals surface area contributed by atoms with Crippen molar-refractivity contribution in [2.24, 2.45) is 4.99 Å². The summed E-state index contributed by atoms with van der Waals surface area (Å²) in [5.74, 6) is 0.0541. The van der Waals surface area contributed by atoms with Crippen LogP contribution >= 0.6 is 22.9 Å². The fraction of sp³-hybridized carbons (Fsp3) is 0.208. The van der Waals surface area contributed by atoms with E-state index in [9.17, 15) is 4.79 Å². The van der Waals surface area contributed by atoms with Crippen molar-refractivity contribution in [1.82, 2.24) is 31.3 Å². The minimum atomic E-state index is -0.604. The molecule has 0 bridgehead atoms. The number of fused-ring (bicyclic) bond motifs is 1. The summed E-state index contributed by atoms with van der Waals surface area (Å²) in [7, 11) is 0. The van der Waals surface area contributed by atoms with Gasteiger partial charge >= 0.3 is 6.01 Å². The number of hydrogen-bond donors (Lipinski definition) is 5. The van der Waals surface area contributed by atoms with E-state index in [4.69, 9.17) is 21.0 Å². The van der Waals surface area contributed by atoms with Gasteiger partial charge in [-0.2, -0.15) is 4.98 Å². The highest BCUT2D eigenvalue weighted by Crippen LogP contribution is 2.29. The Morgan fingerprint density at radius 3 is 2.73 bits per heavy atom. The summed E-state index contributed by atoms with van der Waals surface area (Å²) >= 11 is 7.88. The van der Waals surface area contributed by atoms with Gasteiger partial charge in [-0.1, -0.05) is 53.8 Å². The number of nitrogens with one attached hydrogen (secondary N) is 5. The number of halogens is 1. The van der Waals surface area contributed by atoms with Crippen molar-refractivity contribution >= 4 is 57.1 Å². The van der Waals surface area contributed by atoms with Gasteiger partial charge in [-0.25, -0.2) is 4.99 Å². The number of aromatic nitrogens is 3. The van der Waals surface area contributed by atoms with Crippen LogP contribution in [0.1, 0.15) is 6.92 Å². The Morgan fingerprint density at radius 1 is 1.14 bits per heavy atom. The first-order chi connectivity index (χ1) is 18.0. The Kier molecular flexibility index (Phi) is 6.30. The van der Waals surface area contributed by atoms with Gasteiger partial charge in [0.2, 0.25) is 11.1 Å². The Balaban J connectivity index is 1.26. The molecule has 0 aliphatic carbocycles. The number of guanidine groups is 1. The maximum absolute atomic E-state index is 13.5. The van der Waals surface area contributed by atoms with Crippen molar-refractivity contribution in [1.29, 1.82) is 0 Å². The van der Waals surface area contributed by atoms with Crippen LogP contribution in [0.5, 0.6) is 0 Å². The van der Waals surface area contributed by atoms with Gasteiger partial charge in [-0.05, 0) is 19.1 Å². The van der Waals surface area contributed by atoms with Crippen LogP contribution in [0.2, 0.25) is 0 Å². The van der Waals surface area contributed by atoms with Gasteiger partial charge in [0.25, 0.3) is 5.91 Å². The number of oxazole rings is 1. The van der Waals surface area contributed by atoms with E-state index < -0.39 is 6.04 Å². The fourth-order valence-corrected chi connectivity index (χ4v) is 5.28. The Labute approximate surface area is 220 Å². The average molecular weight is 536 g/mol. The van der Waals surface area contributed by atoms with Crippen LogP contribution in [0.15, 0.2) is 75.3 Å². The first-order valence-corrected chi connectivity index (χ1v) is 12.8. The van der Waals surface area contributed by atoms with Gasteiger partial charge in [-0.3, -0.25) is 26.3 Å². The third-order valence-electron chi connectivity index (χ3n) is 6.00. The van der Waals surface area contributed by atoms with Crippen LogP contribution in [0.3, 0.4) is 0 Å². The summed E-state index contributed by atoms with van der Waals surface area (Å²) < 4.78 is 5.77. The van der Waals surface area contributed by atoms with E-state index in [-0.39, 0.29) is 23.3 Å². The van der Waals surface area contributed by atoms with E-state index in [1.165, 1.54) is 11.3 Å². The number of rotatable bonds is 5. The molecular weight excluding hydrogens is 514 g/mol. The van der Waals surface area contributed by atoms with Gasteiger partial charge in [0.05, 0.1) is 17.0 Å². The molecule has 3 atom stereocenters. The van der Waals surface area contributed by atoms with Crippen molar-refractivity contribution < 1.29 is 9.21 Å². The Hall–Kier alpha value is -3.84. The fourth-order valence-electron chi connectivity index (χ4n) is 4.26. The zero-order chi connectivity index (χ0) is 25.4. The lowest BCUT2D eigenvalue weighted by Gasteiger charge is -2.30. The maximum atomic E-state index is 13.5. The molecule has 2 aromatic heterocycles. The third kappa shape index (κ3) is 4.79. The Bertz CT molecular complexity index is 1480. The molecule has 37 heavy (non-hydrogen) atoms.